The van der Waals surface area contributed by atoms with Crippen LogP contribution < -0.4 is 10.6 Å². The van der Waals surface area contributed by atoms with Crippen molar-refractivity contribution in [3.05, 3.63) is 106 Å². The Labute approximate surface area is 195 Å². The summed E-state index contributed by atoms with van der Waals surface area (Å²) in [5.74, 6) is -0.853. The number of aromatic nitrogens is 1. The van der Waals surface area contributed by atoms with Gasteiger partial charge in [0.1, 0.15) is 10.8 Å². The van der Waals surface area contributed by atoms with Crippen LogP contribution in [0.15, 0.2) is 78.2 Å². The maximum absolute atomic E-state index is 13.0. The summed E-state index contributed by atoms with van der Waals surface area (Å²) in [6, 6.07) is 20.7. The first-order chi connectivity index (χ1) is 16.0. The first kappa shape index (κ1) is 22.4. The van der Waals surface area contributed by atoms with Gasteiger partial charge in [-0.15, -0.1) is 11.3 Å². The molecule has 33 heavy (non-hydrogen) atoms. The van der Waals surface area contributed by atoms with Crippen molar-refractivity contribution in [2.24, 2.45) is 0 Å². The van der Waals surface area contributed by atoms with Crippen molar-refractivity contribution in [3.63, 3.8) is 0 Å². The van der Waals surface area contributed by atoms with Crippen LogP contribution in [-0.2, 0) is 17.8 Å². The SMILES string of the molecule is Cc1ccc(-c2nc(CC(=O)NCc3cccc(NC(=O)c4ccc(F)cc4)c3)cs2)cc1. The van der Waals surface area contributed by atoms with Gasteiger partial charge in [-0.3, -0.25) is 9.59 Å². The maximum atomic E-state index is 13.0. The average molecular weight is 460 g/mol. The number of rotatable bonds is 7. The topological polar surface area (TPSA) is 71.1 Å². The minimum absolute atomic E-state index is 0.128. The Morgan fingerprint density at radius 3 is 2.52 bits per heavy atom. The number of thiazole rings is 1. The standard InChI is InChI=1S/C26H22FN3O2S/c1-17-5-7-20(8-6-17)26-30-23(16-33-26)14-24(31)28-15-18-3-2-4-22(13-18)29-25(32)19-9-11-21(27)12-10-19/h2-13,16H,14-15H2,1H3,(H,28,31)(H,29,32). The van der Waals surface area contributed by atoms with Gasteiger partial charge >= 0.3 is 0 Å². The fraction of sp³-hybridized carbons (Fsp3) is 0.115. The second-order valence-corrected chi connectivity index (χ2v) is 8.48. The fourth-order valence-electron chi connectivity index (χ4n) is 3.21. The zero-order valence-corrected chi connectivity index (χ0v) is 18.8. The highest BCUT2D eigenvalue weighted by Gasteiger charge is 2.10. The molecule has 0 radical (unpaired) electrons. The van der Waals surface area contributed by atoms with Crippen molar-refractivity contribution in [1.29, 1.82) is 0 Å². The van der Waals surface area contributed by atoms with Crippen molar-refractivity contribution in [3.8, 4) is 10.6 Å². The first-order valence-corrected chi connectivity index (χ1v) is 11.3. The third-order valence-electron chi connectivity index (χ3n) is 4.97. The third kappa shape index (κ3) is 6.11. The number of hydrogen-bond donors (Lipinski definition) is 2. The molecule has 166 valence electrons. The number of amides is 2. The van der Waals surface area contributed by atoms with Gasteiger partial charge in [-0.1, -0.05) is 42.0 Å². The van der Waals surface area contributed by atoms with Gasteiger partial charge in [-0.2, -0.15) is 0 Å². The van der Waals surface area contributed by atoms with Gasteiger partial charge in [0.25, 0.3) is 5.91 Å². The molecule has 5 nitrogen and oxygen atoms in total. The van der Waals surface area contributed by atoms with Gasteiger partial charge < -0.3 is 10.6 Å². The van der Waals surface area contributed by atoms with Crippen molar-refractivity contribution in [2.75, 3.05) is 5.32 Å². The highest BCUT2D eigenvalue weighted by molar-refractivity contribution is 7.13. The zero-order valence-electron chi connectivity index (χ0n) is 18.0. The maximum Gasteiger partial charge on any atom is 0.255 e. The summed E-state index contributed by atoms with van der Waals surface area (Å²) in [6.07, 6.45) is 0.198. The molecule has 0 aliphatic carbocycles. The molecule has 0 saturated carbocycles. The van der Waals surface area contributed by atoms with Crippen molar-refractivity contribution in [2.45, 2.75) is 19.9 Å². The summed E-state index contributed by atoms with van der Waals surface area (Å²) in [4.78, 5) is 29.3. The number of hydrogen-bond acceptors (Lipinski definition) is 4. The quantitative estimate of drug-likeness (QED) is 0.390. The molecule has 0 spiro atoms. The molecular weight excluding hydrogens is 437 g/mol. The van der Waals surface area contributed by atoms with E-state index in [-0.39, 0.29) is 18.2 Å². The molecule has 1 heterocycles. The van der Waals surface area contributed by atoms with E-state index in [9.17, 15) is 14.0 Å². The number of anilines is 1. The fourth-order valence-corrected chi connectivity index (χ4v) is 4.03. The van der Waals surface area contributed by atoms with Crippen LogP contribution >= 0.6 is 11.3 Å². The van der Waals surface area contributed by atoms with E-state index >= 15 is 0 Å². The second-order valence-electron chi connectivity index (χ2n) is 7.62. The lowest BCUT2D eigenvalue weighted by molar-refractivity contribution is -0.120. The average Bonchev–Trinajstić information content (AvgIpc) is 3.27. The Morgan fingerprint density at radius 2 is 1.76 bits per heavy atom. The second kappa shape index (κ2) is 10.2. The number of carbonyl (C=O) groups excluding carboxylic acids is 2. The van der Waals surface area contributed by atoms with Gasteiger partial charge in [-0.25, -0.2) is 9.37 Å². The Bertz CT molecular complexity index is 1270. The van der Waals surface area contributed by atoms with Crippen LogP contribution in [0.2, 0.25) is 0 Å². The molecule has 2 N–H and O–H groups in total. The molecule has 4 rings (SSSR count). The molecule has 0 bridgehead atoms. The number of aryl methyl sites for hydroxylation is 1. The highest BCUT2D eigenvalue weighted by Crippen LogP contribution is 2.24. The Morgan fingerprint density at radius 1 is 1.00 bits per heavy atom. The van der Waals surface area contributed by atoms with E-state index in [2.05, 4.69) is 15.6 Å². The van der Waals surface area contributed by atoms with Gasteiger partial charge in [0.2, 0.25) is 5.91 Å². The predicted octanol–water partition coefficient (Wildman–Crippen LogP) is 5.37. The predicted molar refractivity (Wildman–Crippen MR) is 129 cm³/mol. The van der Waals surface area contributed by atoms with E-state index in [1.807, 2.05) is 42.6 Å². The molecular formula is C26H22FN3O2S. The zero-order chi connectivity index (χ0) is 23.2. The molecule has 0 aliphatic rings. The molecule has 1 aromatic heterocycles. The minimum Gasteiger partial charge on any atom is -0.352 e. The molecule has 7 heteroatoms. The van der Waals surface area contributed by atoms with Gasteiger partial charge in [0.15, 0.2) is 0 Å². The summed E-state index contributed by atoms with van der Waals surface area (Å²) in [5, 5.41) is 8.47. The summed E-state index contributed by atoms with van der Waals surface area (Å²) < 4.78 is 13.0. The van der Waals surface area contributed by atoms with E-state index < -0.39 is 5.82 Å². The minimum atomic E-state index is -0.395. The summed E-state index contributed by atoms with van der Waals surface area (Å²) in [5.41, 5.74) is 4.76. The highest BCUT2D eigenvalue weighted by atomic mass is 32.1. The summed E-state index contributed by atoms with van der Waals surface area (Å²) in [7, 11) is 0. The van der Waals surface area contributed by atoms with Crippen molar-refractivity contribution in [1.82, 2.24) is 10.3 Å². The smallest absolute Gasteiger partial charge is 0.255 e. The third-order valence-corrected chi connectivity index (χ3v) is 5.91. The molecule has 4 aromatic rings. The van der Waals surface area contributed by atoms with Crippen LogP contribution in [0.3, 0.4) is 0 Å². The largest absolute Gasteiger partial charge is 0.352 e. The normalized spacial score (nSPS) is 10.6. The van der Waals surface area contributed by atoms with Crippen LogP contribution in [0.5, 0.6) is 0 Å². The van der Waals surface area contributed by atoms with Crippen LogP contribution in [0.25, 0.3) is 10.6 Å². The lowest BCUT2D eigenvalue weighted by atomic mass is 10.1. The van der Waals surface area contributed by atoms with Crippen LogP contribution in [0.1, 0.15) is 27.2 Å². The van der Waals surface area contributed by atoms with Crippen LogP contribution in [-0.4, -0.2) is 16.8 Å². The van der Waals surface area contributed by atoms with Crippen LogP contribution in [0.4, 0.5) is 10.1 Å². The van der Waals surface area contributed by atoms with E-state index in [1.165, 1.54) is 41.2 Å². The molecule has 0 unspecified atom stereocenters. The number of halogens is 1. The monoisotopic (exact) mass is 459 g/mol. The van der Waals surface area contributed by atoms with Gasteiger partial charge in [0.05, 0.1) is 12.1 Å². The van der Waals surface area contributed by atoms with Gasteiger partial charge in [-0.05, 0) is 48.9 Å². The lowest BCUT2D eigenvalue weighted by Crippen LogP contribution is -2.24. The summed E-state index contributed by atoms with van der Waals surface area (Å²) in [6.45, 7) is 2.37. The lowest BCUT2D eigenvalue weighted by Gasteiger charge is -2.09. The molecule has 3 aromatic carbocycles. The molecule has 0 saturated heterocycles. The van der Waals surface area contributed by atoms with Gasteiger partial charge in [0, 0.05) is 28.7 Å². The van der Waals surface area contributed by atoms with Crippen LogP contribution in [0, 0.1) is 12.7 Å². The van der Waals surface area contributed by atoms with E-state index in [1.54, 1.807) is 18.2 Å². The Hall–Kier alpha value is -3.84. The number of carbonyl (C=O) groups is 2. The molecule has 0 atom stereocenters. The molecule has 0 aliphatic heterocycles. The van der Waals surface area contributed by atoms with E-state index in [4.69, 9.17) is 0 Å². The molecule has 2 amide bonds. The first-order valence-electron chi connectivity index (χ1n) is 10.4. The molecule has 0 fully saturated rings. The number of benzene rings is 3. The van der Waals surface area contributed by atoms with E-state index in [0.29, 0.717) is 17.8 Å². The Kier molecular flexibility index (Phi) is 6.90. The number of nitrogens with zero attached hydrogens (tertiary/aromatic N) is 1. The van der Waals surface area contributed by atoms with Crippen molar-refractivity contribution < 1.29 is 14.0 Å². The van der Waals surface area contributed by atoms with E-state index in [0.717, 1.165) is 21.8 Å². The van der Waals surface area contributed by atoms with Crippen molar-refractivity contribution >= 4 is 28.8 Å². The Balaban J connectivity index is 1.31. The number of nitrogens with one attached hydrogen (secondary N) is 2. The summed E-state index contributed by atoms with van der Waals surface area (Å²) >= 11 is 1.52.